The SMILES string of the molecule is CC(Sc1nnc(N2CCCCC2)n1C1CC1)C(=O)Nc1ccc2ccccc2c1. The smallest absolute Gasteiger partial charge is 0.237 e. The van der Waals surface area contributed by atoms with E-state index in [0.717, 1.165) is 35.3 Å². The normalized spacial score (nSPS) is 17.8. The fraction of sp³-hybridized carbons (Fsp3) is 0.435. The number of benzene rings is 2. The van der Waals surface area contributed by atoms with Crippen molar-refractivity contribution in [2.45, 2.75) is 55.5 Å². The third-order valence-electron chi connectivity index (χ3n) is 5.87. The van der Waals surface area contributed by atoms with Gasteiger partial charge in [-0.3, -0.25) is 9.36 Å². The molecule has 0 radical (unpaired) electrons. The lowest BCUT2D eigenvalue weighted by molar-refractivity contribution is -0.115. The molecule has 2 aliphatic rings. The number of aromatic nitrogens is 3. The minimum absolute atomic E-state index is 0.0137. The summed E-state index contributed by atoms with van der Waals surface area (Å²) in [6.45, 7) is 4.04. The van der Waals surface area contributed by atoms with Crippen molar-refractivity contribution < 1.29 is 4.79 Å². The van der Waals surface area contributed by atoms with Crippen LogP contribution in [0.1, 0.15) is 45.1 Å². The Bertz CT molecular complexity index is 1050. The highest BCUT2D eigenvalue weighted by Crippen LogP contribution is 2.42. The summed E-state index contributed by atoms with van der Waals surface area (Å²) in [5.41, 5.74) is 0.823. The Hall–Kier alpha value is -2.54. The highest BCUT2D eigenvalue weighted by Gasteiger charge is 2.33. The third kappa shape index (κ3) is 4.03. The number of piperidine rings is 1. The summed E-state index contributed by atoms with van der Waals surface area (Å²) >= 11 is 1.50. The van der Waals surface area contributed by atoms with Crippen molar-refractivity contribution in [3.05, 3.63) is 42.5 Å². The van der Waals surface area contributed by atoms with Crippen molar-refractivity contribution in [1.82, 2.24) is 14.8 Å². The standard InChI is InChI=1S/C23H27N5OS/c1-16(21(29)24-19-10-9-17-7-3-4-8-18(17)15-19)30-23-26-25-22(28(23)20-11-12-20)27-13-5-2-6-14-27/h3-4,7-10,15-16,20H,2,5-6,11-14H2,1H3,(H,24,29). The van der Waals surface area contributed by atoms with E-state index in [1.54, 1.807) is 0 Å². The van der Waals surface area contributed by atoms with Gasteiger partial charge in [-0.15, -0.1) is 10.2 Å². The number of hydrogen-bond donors (Lipinski definition) is 1. The first-order chi connectivity index (χ1) is 14.7. The number of nitrogens with zero attached hydrogens (tertiary/aromatic N) is 4. The average Bonchev–Trinajstić information content (AvgIpc) is 3.54. The maximum absolute atomic E-state index is 12.9. The summed E-state index contributed by atoms with van der Waals surface area (Å²) in [4.78, 5) is 15.2. The second-order valence-corrected chi connectivity index (χ2v) is 9.55. The molecular weight excluding hydrogens is 394 g/mol. The Morgan fingerprint density at radius 2 is 1.83 bits per heavy atom. The first-order valence-electron chi connectivity index (χ1n) is 10.9. The Labute approximate surface area is 181 Å². The van der Waals surface area contributed by atoms with E-state index in [1.165, 1.54) is 49.3 Å². The highest BCUT2D eigenvalue weighted by molar-refractivity contribution is 8.00. The number of nitrogens with one attached hydrogen (secondary N) is 1. The third-order valence-corrected chi connectivity index (χ3v) is 6.92. The van der Waals surface area contributed by atoms with Gasteiger partial charge in [0, 0.05) is 24.8 Å². The molecule has 30 heavy (non-hydrogen) atoms. The molecule has 5 rings (SSSR count). The van der Waals surface area contributed by atoms with Crippen LogP contribution in [0, 0.1) is 0 Å². The van der Waals surface area contributed by atoms with Gasteiger partial charge in [0.15, 0.2) is 5.16 Å². The lowest BCUT2D eigenvalue weighted by Gasteiger charge is -2.28. The zero-order valence-corrected chi connectivity index (χ0v) is 18.1. The molecule has 1 aliphatic heterocycles. The van der Waals surface area contributed by atoms with E-state index in [1.807, 2.05) is 37.3 Å². The topological polar surface area (TPSA) is 63.1 Å². The van der Waals surface area contributed by atoms with Crippen LogP contribution in [0.15, 0.2) is 47.6 Å². The first kappa shape index (κ1) is 19.4. The number of amides is 1. The molecule has 1 aliphatic carbocycles. The molecule has 0 spiro atoms. The minimum Gasteiger partial charge on any atom is -0.341 e. The number of carbonyl (C=O) groups excluding carboxylic acids is 1. The fourth-order valence-electron chi connectivity index (χ4n) is 4.03. The van der Waals surface area contributed by atoms with Crippen LogP contribution in [-0.2, 0) is 4.79 Å². The molecule has 1 N–H and O–H groups in total. The van der Waals surface area contributed by atoms with Crippen LogP contribution in [0.2, 0.25) is 0 Å². The first-order valence-corrected chi connectivity index (χ1v) is 11.7. The number of anilines is 2. The molecule has 6 nitrogen and oxygen atoms in total. The van der Waals surface area contributed by atoms with Crippen LogP contribution in [0.4, 0.5) is 11.6 Å². The zero-order chi connectivity index (χ0) is 20.5. The van der Waals surface area contributed by atoms with E-state index < -0.39 is 0 Å². The van der Waals surface area contributed by atoms with Crippen LogP contribution < -0.4 is 10.2 Å². The van der Waals surface area contributed by atoms with Gasteiger partial charge in [0.2, 0.25) is 11.9 Å². The minimum atomic E-state index is -0.257. The Balaban J connectivity index is 1.30. The molecule has 1 amide bonds. The maximum Gasteiger partial charge on any atom is 0.237 e. The van der Waals surface area contributed by atoms with Crippen molar-refractivity contribution in [3.63, 3.8) is 0 Å². The molecule has 1 unspecified atom stereocenters. The van der Waals surface area contributed by atoms with Crippen molar-refractivity contribution >= 4 is 40.1 Å². The lowest BCUT2D eigenvalue weighted by atomic mass is 10.1. The molecule has 2 aromatic carbocycles. The molecule has 156 valence electrons. The van der Waals surface area contributed by atoms with Crippen molar-refractivity contribution in [2.75, 3.05) is 23.3 Å². The van der Waals surface area contributed by atoms with Crippen LogP contribution in [0.3, 0.4) is 0 Å². The van der Waals surface area contributed by atoms with Crippen LogP contribution in [0.5, 0.6) is 0 Å². The quantitative estimate of drug-likeness (QED) is 0.575. The molecule has 1 saturated heterocycles. The van der Waals surface area contributed by atoms with E-state index >= 15 is 0 Å². The molecule has 2 fully saturated rings. The number of rotatable bonds is 6. The predicted octanol–water partition coefficient (Wildman–Crippen LogP) is 4.88. The van der Waals surface area contributed by atoms with E-state index in [0.29, 0.717) is 6.04 Å². The molecule has 7 heteroatoms. The van der Waals surface area contributed by atoms with E-state index in [-0.39, 0.29) is 11.2 Å². The number of fused-ring (bicyclic) bond motifs is 1. The van der Waals surface area contributed by atoms with Gasteiger partial charge >= 0.3 is 0 Å². The summed E-state index contributed by atoms with van der Waals surface area (Å²) in [5.74, 6) is 0.974. The van der Waals surface area contributed by atoms with Crippen molar-refractivity contribution in [2.24, 2.45) is 0 Å². The van der Waals surface area contributed by atoms with Crippen LogP contribution >= 0.6 is 11.8 Å². The van der Waals surface area contributed by atoms with Crippen molar-refractivity contribution in [1.29, 1.82) is 0 Å². The van der Waals surface area contributed by atoms with Gasteiger partial charge in [-0.1, -0.05) is 42.1 Å². The Morgan fingerprint density at radius 1 is 1.07 bits per heavy atom. The highest BCUT2D eigenvalue weighted by atomic mass is 32.2. The summed E-state index contributed by atoms with van der Waals surface area (Å²) in [5, 5.41) is 14.9. The van der Waals surface area contributed by atoms with Gasteiger partial charge in [-0.05, 0) is 61.9 Å². The number of hydrogen-bond acceptors (Lipinski definition) is 5. The summed E-state index contributed by atoms with van der Waals surface area (Å²) in [6, 6.07) is 14.7. The Morgan fingerprint density at radius 3 is 2.60 bits per heavy atom. The predicted molar refractivity (Wildman–Crippen MR) is 122 cm³/mol. The molecular formula is C23H27N5OS. The Kier molecular flexibility index (Phi) is 5.37. The molecule has 2 heterocycles. The molecule has 3 aromatic rings. The molecule has 1 aromatic heterocycles. The average molecular weight is 422 g/mol. The van der Waals surface area contributed by atoms with E-state index in [2.05, 4.69) is 37.1 Å². The summed E-state index contributed by atoms with van der Waals surface area (Å²) in [7, 11) is 0. The van der Waals surface area contributed by atoms with E-state index in [9.17, 15) is 4.79 Å². The van der Waals surface area contributed by atoms with E-state index in [4.69, 9.17) is 0 Å². The van der Waals surface area contributed by atoms with Gasteiger partial charge in [-0.25, -0.2) is 0 Å². The van der Waals surface area contributed by atoms with Crippen LogP contribution in [0.25, 0.3) is 10.8 Å². The largest absolute Gasteiger partial charge is 0.341 e. The van der Waals surface area contributed by atoms with Gasteiger partial charge in [0.1, 0.15) is 0 Å². The maximum atomic E-state index is 12.9. The second kappa shape index (κ2) is 8.30. The zero-order valence-electron chi connectivity index (χ0n) is 17.3. The van der Waals surface area contributed by atoms with Crippen molar-refractivity contribution in [3.8, 4) is 0 Å². The van der Waals surface area contributed by atoms with Gasteiger partial charge < -0.3 is 10.2 Å². The monoisotopic (exact) mass is 421 g/mol. The number of thioether (sulfide) groups is 1. The molecule has 1 atom stereocenters. The lowest BCUT2D eigenvalue weighted by Crippen LogP contribution is -2.32. The fourth-order valence-corrected chi connectivity index (χ4v) is 4.95. The summed E-state index contributed by atoms with van der Waals surface area (Å²) < 4.78 is 2.27. The van der Waals surface area contributed by atoms with Gasteiger partial charge in [-0.2, -0.15) is 0 Å². The molecule has 1 saturated carbocycles. The van der Waals surface area contributed by atoms with Crippen LogP contribution in [-0.4, -0.2) is 39.0 Å². The second-order valence-electron chi connectivity index (χ2n) is 8.24. The van der Waals surface area contributed by atoms with Gasteiger partial charge in [0.25, 0.3) is 0 Å². The molecule has 0 bridgehead atoms. The van der Waals surface area contributed by atoms with Gasteiger partial charge in [0.05, 0.1) is 5.25 Å². The number of carbonyl (C=O) groups is 1. The summed E-state index contributed by atoms with van der Waals surface area (Å²) in [6.07, 6.45) is 6.06.